The van der Waals surface area contributed by atoms with Crippen molar-refractivity contribution in [2.75, 3.05) is 0 Å². The molecular formula is C18H16N2O2S. The minimum absolute atomic E-state index is 0.00913. The van der Waals surface area contributed by atoms with Crippen molar-refractivity contribution in [3.63, 3.8) is 0 Å². The Balaban J connectivity index is 1.63. The fraction of sp³-hybridized carbons (Fsp3) is 0.278. The van der Waals surface area contributed by atoms with Crippen LogP contribution >= 0.6 is 11.3 Å². The minimum Gasteiger partial charge on any atom is -0.325 e. The summed E-state index contributed by atoms with van der Waals surface area (Å²) in [7, 11) is 0. The summed E-state index contributed by atoms with van der Waals surface area (Å²) in [5.41, 5.74) is 4.68. The molecule has 3 aliphatic rings. The highest BCUT2D eigenvalue weighted by atomic mass is 32.1. The number of hydrogen-bond acceptors (Lipinski definition) is 3. The van der Waals surface area contributed by atoms with Crippen LogP contribution in [0.1, 0.15) is 34.5 Å². The smallest absolute Gasteiger partial charge is 0.287 e. The van der Waals surface area contributed by atoms with Gasteiger partial charge in [0, 0.05) is 17.2 Å². The Hall–Kier alpha value is -2.27. The summed E-state index contributed by atoms with van der Waals surface area (Å²) in [5, 5.41) is 4.90. The number of carbonyl (C=O) groups excluding carboxylic acids is 2. The first-order valence-electron chi connectivity index (χ1n) is 7.73. The van der Waals surface area contributed by atoms with Crippen molar-refractivity contribution in [2.24, 2.45) is 10.9 Å². The zero-order chi connectivity index (χ0) is 16.0. The number of hydrogen-bond donors (Lipinski definition) is 1. The molecule has 2 amide bonds. The largest absolute Gasteiger partial charge is 0.325 e. The monoisotopic (exact) mass is 324 g/mol. The van der Waals surface area contributed by atoms with Gasteiger partial charge in [0.15, 0.2) is 0 Å². The van der Waals surface area contributed by atoms with Gasteiger partial charge in [-0.25, -0.2) is 4.99 Å². The molecule has 0 radical (unpaired) electrons. The number of thiophene rings is 1. The molecule has 0 fully saturated rings. The Labute approximate surface area is 138 Å². The van der Waals surface area contributed by atoms with Gasteiger partial charge in [-0.1, -0.05) is 6.08 Å². The van der Waals surface area contributed by atoms with Crippen LogP contribution in [-0.2, 0) is 4.79 Å². The molecule has 1 aromatic heterocycles. The highest BCUT2D eigenvalue weighted by Crippen LogP contribution is 2.39. The molecule has 0 aromatic carbocycles. The topological polar surface area (TPSA) is 58.5 Å². The predicted molar refractivity (Wildman–Crippen MR) is 90.6 cm³/mol. The molecule has 0 spiro atoms. The predicted octanol–water partition coefficient (Wildman–Crippen LogP) is 3.32. The average molecular weight is 324 g/mol. The van der Waals surface area contributed by atoms with Gasteiger partial charge in [-0.05, 0) is 60.9 Å². The van der Waals surface area contributed by atoms with Crippen LogP contribution < -0.4 is 5.32 Å². The van der Waals surface area contributed by atoms with Gasteiger partial charge >= 0.3 is 0 Å². The van der Waals surface area contributed by atoms with E-state index in [9.17, 15) is 9.59 Å². The quantitative estimate of drug-likeness (QED) is 0.861. The normalized spacial score (nSPS) is 24.4. The van der Waals surface area contributed by atoms with Gasteiger partial charge in [-0.15, -0.1) is 11.3 Å². The molecule has 2 aliphatic carbocycles. The second kappa shape index (κ2) is 5.42. The maximum Gasteiger partial charge on any atom is 0.287 e. The Morgan fingerprint density at radius 2 is 2.26 bits per heavy atom. The first-order chi connectivity index (χ1) is 11.1. The van der Waals surface area contributed by atoms with E-state index in [2.05, 4.69) is 10.3 Å². The fourth-order valence-electron chi connectivity index (χ4n) is 3.37. The van der Waals surface area contributed by atoms with Gasteiger partial charge in [0.2, 0.25) is 0 Å². The molecule has 4 rings (SSSR count). The molecule has 23 heavy (non-hydrogen) atoms. The molecule has 0 saturated carbocycles. The van der Waals surface area contributed by atoms with Gasteiger partial charge < -0.3 is 5.32 Å². The van der Waals surface area contributed by atoms with Gasteiger partial charge in [-0.2, -0.15) is 0 Å². The number of allylic oxidation sites excluding steroid dienone is 3. The molecule has 1 atom stereocenters. The van der Waals surface area contributed by atoms with Crippen LogP contribution in [0.4, 0.5) is 0 Å². The number of nitrogens with zero attached hydrogens (tertiary/aromatic N) is 1. The molecule has 116 valence electrons. The lowest BCUT2D eigenvalue weighted by Gasteiger charge is -2.28. The summed E-state index contributed by atoms with van der Waals surface area (Å²) in [4.78, 5) is 29.2. The Kier molecular flexibility index (Phi) is 3.38. The molecular weight excluding hydrogens is 308 g/mol. The number of fused-ring (bicyclic) bond motifs is 2. The van der Waals surface area contributed by atoms with E-state index in [1.807, 2.05) is 36.6 Å². The first-order valence-corrected chi connectivity index (χ1v) is 8.61. The highest BCUT2D eigenvalue weighted by molar-refractivity contribution is 7.12. The van der Waals surface area contributed by atoms with Crippen molar-refractivity contribution in [1.29, 1.82) is 0 Å². The van der Waals surface area contributed by atoms with Crippen LogP contribution in [0.25, 0.3) is 0 Å². The first kappa shape index (κ1) is 14.3. The number of nitrogens with one attached hydrogen (secondary N) is 1. The van der Waals surface area contributed by atoms with E-state index >= 15 is 0 Å². The Bertz CT molecular complexity index is 839. The third-order valence-corrected chi connectivity index (χ3v) is 5.47. The fourth-order valence-corrected chi connectivity index (χ4v) is 4.16. The second-order valence-corrected chi connectivity index (χ2v) is 6.99. The number of rotatable bonds is 1. The van der Waals surface area contributed by atoms with Crippen molar-refractivity contribution in [2.45, 2.75) is 26.2 Å². The van der Waals surface area contributed by atoms with Crippen molar-refractivity contribution < 1.29 is 9.59 Å². The van der Waals surface area contributed by atoms with Crippen LogP contribution in [0.15, 0.2) is 51.5 Å². The number of carbonyl (C=O) groups is 2. The lowest BCUT2D eigenvalue weighted by molar-refractivity contribution is -0.117. The lowest BCUT2D eigenvalue weighted by Crippen LogP contribution is -2.35. The van der Waals surface area contributed by atoms with Crippen molar-refractivity contribution in [3.8, 4) is 0 Å². The summed E-state index contributed by atoms with van der Waals surface area (Å²) < 4.78 is 0. The van der Waals surface area contributed by atoms with Crippen molar-refractivity contribution in [3.05, 3.63) is 57.0 Å². The summed E-state index contributed by atoms with van der Waals surface area (Å²) in [6.45, 7) is 1.96. The second-order valence-electron chi connectivity index (χ2n) is 6.08. The van der Waals surface area contributed by atoms with E-state index in [-0.39, 0.29) is 17.7 Å². The molecule has 1 unspecified atom stereocenters. The van der Waals surface area contributed by atoms with Crippen LogP contribution in [0.5, 0.6) is 0 Å². The Morgan fingerprint density at radius 3 is 3.04 bits per heavy atom. The van der Waals surface area contributed by atoms with Gasteiger partial charge in [-0.3, -0.25) is 9.59 Å². The van der Waals surface area contributed by atoms with Crippen LogP contribution in [0.2, 0.25) is 0 Å². The molecule has 2 heterocycles. The summed E-state index contributed by atoms with van der Waals surface area (Å²) in [5.74, 6) is -0.0842. The van der Waals surface area contributed by atoms with E-state index in [1.165, 1.54) is 16.9 Å². The molecule has 1 aromatic rings. The third kappa shape index (κ3) is 2.51. The lowest BCUT2D eigenvalue weighted by atomic mass is 9.85. The van der Waals surface area contributed by atoms with Gasteiger partial charge in [0.1, 0.15) is 0 Å². The maximum atomic E-state index is 12.2. The summed E-state index contributed by atoms with van der Waals surface area (Å²) in [6, 6.07) is 1.84. The van der Waals surface area contributed by atoms with Gasteiger partial charge in [0.05, 0.1) is 10.6 Å². The number of aryl methyl sites for hydroxylation is 1. The van der Waals surface area contributed by atoms with Gasteiger partial charge in [0.25, 0.3) is 11.8 Å². The SMILES string of the molecule is Cc1csc(C(=O)N=C2C=CC3C(=C2)NC(=O)C2=C3CCC2)c1. The molecule has 1 N–H and O–H groups in total. The number of aliphatic imine (C=N–C) groups is 1. The van der Waals surface area contributed by atoms with E-state index in [1.54, 1.807) is 0 Å². The van der Waals surface area contributed by atoms with E-state index in [4.69, 9.17) is 0 Å². The Morgan fingerprint density at radius 1 is 1.39 bits per heavy atom. The van der Waals surface area contributed by atoms with E-state index in [0.29, 0.717) is 10.6 Å². The van der Waals surface area contributed by atoms with E-state index < -0.39 is 0 Å². The zero-order valence-electron chi connectivity index (χ0n) is 12.8. The zero-order valence-corrected chi connectivity index (χ0v) is 13.6. The molecule has 5 heteroatoms. The molecule has 4 nitrogen and oxygen atoms in total. The molecule has 0 saturated heterocycles. The van der Waals surface area contributed by atoms with E-state index in [0.717, 1.165) is 36.1 Å². The molecule has 1 aliphatic heterocycles. The highest BCUT2D eigenvalue weighted by Gasteiger charge is 2.34. The average Bonchev–Trinajstić information content (AvgIpc) is 3.16. The maximum absolute atomic E-state index is 12.2. The third-order valence-electron chi connectivity index (χ3n) is 4.44. The summed E-state index contributed by atoms with van der Waals surface area (Å²) >= 11 is 1.40. The van der Waals surface area contributed by atoms with Crippen molar-refractivity contribution in [1.82, 2.24) is 5.32 Å². The van der Waals surface area contributed by atoms with Crippen LogP contribution in [0, 0.1) is 12.8 Å². The number of amides is 2. The van der Waals surface area contributed by atoms with Crippen LogP contribution in [-0.4, -0.2) is 17.5 Å². The standard InChI is InChI=1S/C18H16N2O2S/c1-10-7-16(23-9-10)18(22)19-11-5-6-13-12-3-2-4-14(12)17(21)20-15(13)8-11/h5-9,13H,2-4H2,1H3,(H,20,21). The van der Waals surface area contributed by atoms with Crippen molar-refractivity contribution >= 4 is 28.9 Å². The summed E-state index contributed by atoms with van der Waals surface area (Å²) in [6.07, 6.45) is 8.65. The minimum atomic E-state index is -0.235. The molecule has 0 bridgehead atoms. The van der Waals surface area contributed by atoms with Crippen LogP contribution in [0.3, 0.4) is 0 Å².